The molecule has 1 aromatic rings. The van der Waals surface area contributed by atoms with Gasteiger partial charge < -0.3 is 10.2 Å². The van der Waals surface area contributed by atoms with Gasteiger partial charge in [-0.2, -0.15) is 5.10 Å². The van der Waals surface area contributed by atoms with E-state index < -0.39 is 0 Å². The first-order valence-electron chi connectivity index (χ1n) is 7.34. The topological polar surface area (TPSA) is 50.2 Å². The van der Waals surface area contributed by atoms with Gasteiger partial charge in [-0.05, 0) is 38.8 Å². The predicted molar refractivity (Wildman–Crippen MR) is 80.4 cm³/mol. The van der Waals surface area contributed by atoms with Crippen LogP contribution in [0.3, 0.4) is 0 Å². The van der Waals surface area contributed by atoms with E-state index in [0.717, 1.165) is 26.1 Å². The normalized spacial score (nSPS) is 23.8. The molecule has 1 aromatic heterocycles. The standard InChI is InChI=1S/C14H21ClN4O/c1-18-6-5-11(9-18)17-13-12(15)7-16-19(14(13)20)8-10-3-2-4-10/h7,10-11,17H,2-6,8-9H2,1H3. The zero-order valence-electron chi connectivity index (χ0n) is 11.8. The monoisotopic (exact) mass is 296 g/mol. The van der Waals surface area contributed by atoms with Crippen molar-refractivity contribution in [3.63, 3.8) is 0 Å². The number of halogens is 1. The zero-order chi connectivity index (χ0) is 14.1. The van der Waals surface area contributed by atoms with Gasteiger partial charge in [-0.3, -0.25) is 4.79 Å². The van der Waals surface area contributed by atoms with Gasteiger partial charge in [0.15, 0.2) is 0 Å². The fourth-order valence-corrected chi connectivity index (χ4v) is 3.09. The number of hydrogen-bond acceptors (Lipinski definition) is 4. The summed E-state index contributed by atoms with van der Waals surface area (Å²) in [7, 11) is 2.09. The van der Waals surface area contributed by atoms with Gasteiger partial charge in [0, 0.05) is 19.1 Å². The molecule has 2 aliphatic rings. The smallest absolute Gasteiger partial charge is 0.291 e. The highest BCUT2D eigenvalue weighted by atomic mass is 35.5. The lowest BCUT2D eigenvalue weighted by Crippen LogP contribution is -2.33. The highest BCUT2D eigenvalue weighted by molar-refractivity contribution is 6.33. The SMILES string of the molecule is CN1CCC(Nc2c(Cl)cnn(CC3CCC3)c2=O)C1. The largest absolute Gasteiger partial charge is 0.375 e. The van der Waals surface area contributed by atoms with Gasteiger partial charge in [-0.15, -0.1) is 0 Å². The summed E-state index contributed by atoms with van der Waals surface area (Å²) < 4.78 is 1.57. The van der Waals surface area contributed by atoms with Gasteiger partial charge >= 0.3 is 0 Å². The summed E-state index contributed by atoms with van der Waals surface area (Å²) in [6.07, 6.45) is 6.30. The quantitative estimate of drug-likeness (QED) is 0.921. The van der Waals surface area contributed by atoms with Crippen molar-refractivity contribution in [3.05, 3.63) is 21.6 Å². The molecule has 1 unspecified atom stereocenters. The van der Waals surface area contributed by atoms with Gasteiger partial charge in [-0.25, -0.2) is 4.68 Å². The molecule has 0 radical (unpaired) electrons. The number of aromatic nitrogens is 2. The minimum atomic E-state index is -0.0843. The van der Waals surface area contributed by atoms with E-state index in [1.165, 1.54) is 19.3 Å². The van der Waals surface area contributed by atoms with Crippen LogP contribution in [-0.4, -0.2) is 40.9 Å². The molecule has 1 N–H and O–H groups in total. The summed E-state index contributed by atoms with van der Waals surface area (Å²) in [6.45, 7) is 2.71. The maximum absolute atomic E-state index is 12.5. The first kappa shape index (κ1) is 13.9. The Morgan fingerprint density at radius 3 is 2.85 bits per heavy atom. The van der Waals surface area contributed by atoms with Crippen molar-refractivity contribution < 1.29 is 0 Å². The van der Waals surface area contributed by atoms with Crippen LogP contribution in [0.2, 0.25) is 5.02 Å². The van der Waals surface area contributed by atoms with Crippen molar-refractivity contribution in [2.75, 3.05) is 25.5 Å². The Morgan fingerprint density at radius 2 is 2.25 bits per heavy atom. The average molecular weight is 297 g/mol. The maximum Gasteiger partial charge on any atom is 0.291 e. The third-order valence-electron chi connectivity index (χ3n) is 4.39. The van der Waals surface area contributed by atoms with Crippen LogP contribution < -0.4 is 10.9 Å². The molecule has 6 heteroatoms. The molecule has 1 saturated heterocycles. The van der Waals surface area contributed by atoms with Crippen molar-refractivity contribution in [1.29, 1.82) is 0 Å². The Kier molecular flexibility index (Phi) is 3.98. The fraction of sp³-hybridized carbons (Fsp3) is 0.714. The van der Waals surface area contributed by atoms with Gasteiger partial charge in [0.25, 0.3) is 5.56 Å². The maximum atomic E-state index is 12.5. The Bertz CT molecular complexity index is 540. The van der Waals surface area contributed by atoms with Gasteiger partial charge in [0.2, 0.25) is 0 Å². The molecule has 1 saturated carbocycles. The second kappa shape index (κ2) is 5.74. The second-order valence-electron chi connectivity index (χ2n) is 6.04. The molecule has 110 valence electrons. The number of anilines is 1. The molecule has 20 heavy (non-hydrogen) atoms. The summed E-state index contributed by atoms with van der Waals surface area (Å²) >= 11 is 6.15. The highest BCUT2D eigenvalue weighted by Crippen LogP contribution is 2.27. The van der Waals surface area contributed by atoms with Crippen LogP contribution in [0.25, 0.3) is 0 Å². The van der Waals surface area contributed by atoms with E-state index in [0.29, 0.717) is 22.7 Å². The molecule has 2 fully saturated rings. The minimum absolute atomic E-state index is 0.0843. The molecule has 0 amide bonds. The van der Waals surface area contributed by atoms with Crippen molar-refractivity contribution in [2.45, 2.75) is 38.3 Å². The average Bonchev–Trinajstić information content (AvgIpc) is 2.77. The molecule has 0 spiro atoms. The van der Waals surface area contributed by atoms with Crippen LogP contribution in [0.15, 0.2) is 11.0 Å². The summed E-state index contributed by atoms with van der Waals surface area (Å²) in [6, 6.07) is 0.296. The van der Waals surface area contributed by atoms with E-state index in [1.807, 2.05) is 0 Å². The molecule has 1 aliphatic carbocycles. The Labute approximate surface area is 123 Å². The van der Waals surface area contributed by atoms with E-state index in [2.05, 4.69) is 22.4 Å². The lowest BCUT2D eigenvalue weighted by atomic mass is 9.85. The Morgan fingerprint density at radius 1 is 1.45 bits per heavy atom. The molecule has 0 bridgehead atoms. The van der Waals surface area contributed by atoms with Gasteiger partial charge in [-0.1, -0.05) is 18.0 Å². The third-order valence-corrected chi connectivity index (χ3v) is 4.68. The number of nitrogens with one attached hydrogen (secondary N) is 1. The highest BCUT2D eigenvalue weighted by Gasteiger charge is 2.23. The van der Waals surface area contributed by atoms with Crippen LogP contribution in [0.4, 0.5) is 5.69 Å². The fourth-order valence-electron chi connectivity index (χ4n) is 2.91. The third kappa shape index (κ3) is 2.83. The van der Waals surface area contributed by atoms with Crippen molar-refractivity contribution in [3.8, 4) is 0 Å². The van der Waals surface area contributed by atoms with Gasteiger partial charge in [0.1, 0.15) is 5.69 Å². The zero-order valence-corrected chi connectivity index (χ0v) is 12.6. The molecular formula is C14H21ClN4O. The first-order valence-corrected chi connectivity index (χ1v) is 7.72. The molecule has 2 heterocycles. The van der Waals surface area contributed by atoms with Crippen molar-refractivity contribution in [2.24, 2.45) is 5.92 Å². The number of likely N-dealkylation sites (N-methyl/N-ethyl adjacent to an activating group) is 1. The number of rotatable bonds is 4. The van der Waals surface area contributed by atoms with E-state index in [9.17, 15) is 4.79 Å². The first-order chi connectivity index (χ1) is 9.63. The lowest BCUT2D eigenvalue weighted by Gasteiger charge is -2.25. The van der Waals surface area contributed by atoms with E-state index in [-0.39, 0.29) is 5.56 Å². The summed E-state index contributed by atoms with van der Waals surface area (Å²) in [5.74, 6) is 0.604. The van der Waals surface area contributed by atoms with Crippen LogP contribution in [0.5, 0.6) is 0 Å². The van der Waals surface area contributed by atoms with Crippen LogP contribution in [0.1, 0.15) is 25.7 Å². The van der Waals surface area contributed by atoms with E-state index in [4.69, 9.17) is 11.6 Å². The molecule has 5 nitrogen and oxygen atoms in total. The molecule has 0 aromatic carbocycles. The summed E-state index contributed by atoms with van der Waals surface area (Å²) in [5.41, 5.74) is 0.431. The number of nitrogens with zero attached hydrogens (tertiary/aromatic N) is 3. The predicted octanol–water partition coefficient (Wildman–Crippen LogP) is 1.81. The van der Waals surface area contributed by atoms with Crippen LogP contribution in [0, 0.1) is 5.92 Å². The lowest BCUT2D eigenvalue weighted by molar-refractivity contribution is 0.262. The Balaban J connectivity index is 1.77. The summed E-state index contributed by atoms with van der Waals surface area (Å²) in [5, 5.41) is 7.91. The molecule has 1 aliphatic heterocycles. The van der Waals surface area contributed by atoms with E-state index >= 15 is 0 Å². The summed E-state index contributed by atoms with van der Waals surface area (Å²) in [4.78, 5) is 14.7. The van der Waals surface area contributed by atoms with Gasteiger partial charge in [0.05, 0.1) is 11.2 Å². The molecular weight excluding hydrogens is 276 g/mol. The van der Waals surface area contributed by atoms with Crippen LogP contribution in [-0.2, 0) is 6.54 Å². The van der Waals surface area contributed by atoms with E-state index in [1.54, 1.807) is 10.9 Å². The Hall–Kier alpha value is -1.07. The van der Waals surface area contributed by atoms with Crippen LogP contribution >= 0.6 is 11.6 Å². The molecule has 1 atom stereocenters. The van der Waals surface area contributed by atoms with Crippen molar-refractivity contribution >= 4 is 17.3 Å². The second-order valence-corrected chi connectivity index (χ2v) is 6.45. The van der Waals surface area contributed by atoms with Crippen molar-refractivity contribution in [1.82, 2.24) is 14.7 Å². The minimum Gasteiger partial charge on any atom is -0.375 e. The molecule has 3 rings (SSSR count). The number of likely N-dealkylation sites (tertiary alicyclic amines) is 1. The number of hydrogen-bond donors (Lipinski definition) is 1.